The van der Waals surface area contributed by atoms with Crippen molar-refractivity contribution in [3.8, 4) is 0 Å². The number of fused-ring (bicyclic) bond motifs is 1. The molecule has 1 heterocycles. The lowest BCUT2D eigenvalue weighted by molar-refractivity contribution is 0.0997. The van der Waals surface area contributed by atoms with E-state index in [0.29, 0.717) is 10.9 Å². The molecule has 1 aromatic heterocycles. The number of hydrogen-bond acceptors (Lipinski definition) is 2. The van der Waals surface area contributed by atoms with E-state index in [1.807, 2.05) is 32.0 Å². The summed E-state index contributed by atoms with van der Waals surface area (Å²) in [5, 5.41) is 3.53. The molecule has 0 fully saturated rings. The first-order chi connectivity index (χ1) is 11.0. The predicted octanol–water partition coefficient (Wildman–Crippen LogP) is 5.00. The molecule has 0 saturated carbocycles. The van der Waals surface area contributed by atoms with Gasteiger partial charge in [0.1, 0.15) is 0 Å². The van der Waals surface area contributed by atoms with Gasteiger partial charge in [0.05, 0.1) is 0 Å². The minimum absolute atomic E-state index is 0.121. The Hall–Kier alpha value is -2.62. The third-order valence-electron chi connectivity index (χ3n) is 4.10. The molecule has 1 N–H and O–H groups in total. The number of hydrogen-bond donors (Lipinski definition) is 1. The molecule has 0 aliphatic carbocycles. The number of nitrogens with one attached hydrogen (secondary N) is 1. The number of furan rings is 1. The Morgan fingerprint density at radius 3 is 2.61 bits per heavy atom. The van der Waals surface area contributed by atoms with Crippen molar-refractivity contribution in [2.75, 3.05) is 5.32 Å². The van der Waals surface area contributed by atoms with Crippen LogP contribution in [0.15, 0.2) is 40.8 Å². The number of aryl methyl sites for hydroxylation is 3. The van der Waals surface area contributed by atoms with Crippen LogP contribution in [0.25, 0.3) is 11.0 Å². The van der Waals surface area contributed by atoms with Crippen LogP contribution in [-0.4, -0.2) is 5.91 Å². The van der Waals surface area contributed by atoms with Gasteiger partial charge in [-0.3, -0.25) is 4.79 Å². The summed E-state index contributed by atoms with van der Waals surface area (Å²) in [4.78, 5) is 12.6. The number of carbonyl (C=O) groups is 1. The molecular formula is C19H18FNO2. The zero-order chi connectivity index (χ0) is 16.6. The quantitative estimate of drug-likeness (QED) is 0.739. The van der Waals surface area contributed by atoms with Gasteiger partial charge < -0.3 is 9.73 Å². The fourth-order valence-corrected chi connectivity index (χ4v) is 2.80. The van der Waals surface area contributed by atoms with E-state index < -0.39 is 5.82 Å². The van der Waals surface area contributed by atoms with Gasteiger partial charge in [0.15, 0.2) is 17.2 Å². The third kappa shape index (κ3) is 2.61. The zero-order valence-electron chi connectivity index (χ0n) is 13.4. The molecule has 2 aromatic carbocycles. The lowest BCUT2D eigenvalue weighted by Gasteiger charge is -2.12. The van der Waals surface area contributed by atoms with Crippen LogP contribution >= 0.6 is 0 Å². The SMILES string of the molecule is CCc1cccc(C)c1NC(=O)c1oc2c(F)cccc2c1C. The first kappa shape index (κ1) is 15.3. The van der Waals surface area contributed by atoms with Crippen molar-refractivity contribution in [3.05, 3.63) is 64.7 Å². The molecule has 23 heavy (non-hydrogen) atoms. The van der Waals surface area contributed by atoms with Crippen molar-refractivity contribution < 1.29 is 13.6 Å². The van der Waals surface area contributed by atoms with Gasteiger partial charge in [0.25, 0.3) is 5.91 Å². The fraction of sp³-hybridized carbons (Fsp3) is 0.211. The maximum Gasteiger partial charge on any atom is 0.291 e. The molecule has 0 saturated heterocycles. The topological polar surface area (TPSA) is 42.2 Å². The molecular weight excluding hydrogens is 293 g/mol. The number of anilines is 1. The number of para-hydroxylation sites is 2. The maximum atomic E-state index is 13.8. The Labute approximate surface area is 134 Å². The van der Waals surface area contributed by atoms with Crippen molar-refractivity contribution in [1.29, 1.82) is 0 Å². The first-order valence-corrected chi connectivity index (χ1v) is 7.60. The van der Waals surface area contributed by atoms with Crippen molar-refractivity contribution in [1.82, 2.24) is 0 Å². The zero-order valence-corrected chi connectivity index (χ0v) is 13.4. The third-order valence-corrected chi connectivity index (χ3v) is 4.10. The lowest BCUT2D eigenvalue weighted by atomic mass is 10.1. The van der Waals surface area contributed by atoms with Crippen LogP contribution in [0.3, 0.4) is 0 Å². The number of rotatable bonds is 3. The molecule has 0 spiro atoms. The summed E-state index contributed by atoms with van der Waals surface area (Å²) in [6, 6.07) is 10.6. The molecule has 3 nitrogen and oxygen atoms in total. The van der Waals surface area contributed by atoms with Crippen LogP contribution in [0.4, 0.5) is 10.1 Å². The molecule has 0 bridgehead atoms. The van der Waals surface area contributed by atoms with Crippen LogP contribution in [0.1, 0.15) is 34.2 Å². The van der Waals surface area contributed by atoms with Crippen LogP contribution in [0, 0.1) is 19.7 Å². The summed E-state index contributed by atoms with van der Waals surface area (Å²) >= 11 is 0. The molecule has 3 aromatic rings. The van der Waals surface area contributed by atoms with Crippen LogP contribution < -0.4 is 5.32 Å². The number of benzene rings is 2. The van der Waals surface area contributed by atoms with Gasteiger partial charge >= 0.3 is 0 Å². The number of carbonyl (C=O) groups excluding carboxylic acids is 1. The van der Waals surface area contributed by atoms with E-state index in [1.54, 1.807) is 19.1 Å². The van der Waals surface area contributed by atoms with Gasteiger partial charge in [-0.05, 0) is 37.5 Å². The first-order valence-electron chi connectivity index (χ1n) is 7.60. The highest BCUT2D eigenvalue weighted by Gasteiger charge is 2.20. The second kappa shape index (κ2) is 5.88. The van der Waals surface area contributed by atoms with Gasteiger partial charge in [-0.15, -0.1) is 0 Å². The average molecular weight is 311 g/mol. The second-order valence-corrected chi connectivity index (χ2v) is 5.59. The van der Waals surface area contributed by atoms with E-state index in [9.17, 15) is 9.18 Å². The molecule has 0 atom stereocenters. The van der Waals surface area contributed by atoms with Crippen LogP contribution in [0.5, 0.6) is 0 Å². The van der Waals surface area contributed by atoms with Crippen LogP contribution in [0.2, 0.25) is 0 Å². The molecule has 0 aliphatic rings. The molecule has 118 valence electrons. The average Bonchev–Trinajstić information content (AvgIpc) is 2.88. The minimum atomic E-state index is -0.463. The van der Waals surface area contributed by atoms with Crippen molar-refractivity contribution in [2.45, 2.75) is 27.2 Å². The van der Waals surface area contributed by atoms with E-state index in [4.69, 9.17) is 4.42 Å². The van der Waals surface area contributed by atoms with E-state index >= 15 is 0 Å². The van der Waals surface area contributed by atoms with Gasteiger partial charge in [0, 0.05) is 16.6 Å². The maximum absolute atomic E-state index is 13.8. The predicted molar refractivity (Wildman–Crippen MR) is 89.4 cm³/mol. The van der Waals surface area contributed by atoms with Crippen molar-refractivity contribution in [3.63, 3.8) is 0 Å². The van der Waals surface area contributed by atoms with Crippen molar-refractivity contribution >= 4 is 22.6 Å². The molecule has 4 heteroatoms. The Balaban J connectivity index is 2.02. The summed E-state index contributed by atoms with van der Waals surface area (Å²) in [5.74, 6) is -0.674. The Kier molecular flexibility index (Phi) is 3.90. The van der Waals surface area contributed by atoms with Crippen LogP contribution in [-0.2, 0) is 6.42 Å². The van der Waals surface area contributed by atoms with Crippen molar-refractivity contribution in [2.24, 2.45) is 0 Å². The highest BCUT2D eigenvalue weighted by atomic mass is 19.1. The van der Waals surface area contributed by atoms with Gasteiger partial charge in [-0.2, -0.15) is 0 Å². The molecule has 0 unspecified atom stereocenters. The van der Waals surface area contributed by atoms with E-state index in [0.717, 1.165) is 23.2 Å². The van der Waals surface area contributed by atoms with Gasteiger partial charge in [-0.25, -0.2) is 4.39 Å². The van der Waals surface area contributed by atoms with Gasteiger partial charge in [0.2, 0.25) is 0 Å². The smallest absolute Gasteiger partial charge is 0.291 e. The summed E-state index contributed by atoms with van der Waals surface area (Å²) in [6.07, 6.45) is 0.811. The Morgan fingerprint density at radius 1 is 1.17 bits per heavy atom. The highest BCUT2D eigenvalue weighted by Crippen LogP contribution is 2.29. The fourth-order valence-electron chi connectivity index (χ4n) is 2.80. The standard InChI is InChI=1S/C19H18FNO2/c1-4-13-8-5-7-11(2)16(13)21-19(22)17-12(3)14-9-6-10-15(20)18(14)23-17/h5-10H,4H2,1-3H3,(H,21,22). The largest absolute Gasteiger partial charge is 0.448 e. The number of halogens is 1. The monoisotopic (exact) mass is 311 g/mol. The Morgan fingerprint density at radius 2 is 1.91 bits per heavy atom. The lowest BCUT2D eigenvalue weighted by Crippen LogP contribution is -2.14. The summed E-state index contributed by atoms with van der Waals surface area (Å²) in [7, 11) is 0. The summed E-state index contributed by atoms with van der Waals surface area (Å²) in [5.41, 5.74) is 3.59. The normalized spacial score (nSPS) is 11.0. The second-order valence-electron chi connectivity index (χ2n) is 5.59. The van der Waals surface area contributed by atoms with E-state index in [-0.39, 0.29) is 17.3 Å². The summed E-state index contributed by atoms with van der Waals surface area (Å²) < 4.78 is 19.3. The van der Waals surface area contributed by atoms with E-state index in [2.05, 4.69) is 5.32 Å². The number of amides is 1. The Bertz CT molecular complexity index is 896. The molecule has 3 rings (SSSR count). The highest BCUT2D eigenvalue weighted by molar-refractivity contribution is 6.07. The minimum Gasteiger partial charge on any atom is -0.448 e. The molecule has 0 radical (unpaired) electrons. The molecule has 1 amide bonds. The molecule has 0 aliphatic heterocycles. The van der Waals surface area contributed by atoms with E-state index in [1.165, 1.54) is 6.07 Å². The van der Waals surface area contributed by atoms with Gasteiger partial charge in [-0.1, -0.05) is 37.3 Å². The summed E-state index contributed by atoms with van der Waals surface area (Å²) in [6.45, 7) is 5.74.